The molecule has 0 aliphatic carbocycles. The fourth-order valence-corrected chi connectivity index (χ4v) is 1.79. The number of oxime groups is 1. The molecule has 2 unspecified atom stereocenters. The molecular weight excluding hydrogens is 170 g/mol. The standard InChI is InChI=1S/C9H15NO3/c11-5-8-4-9(10-13-8)7-2-1-3-12-6-7/h7-8,11H,1-6H2. The van der Waals surface area contributed by atoms with Crippen molar-refractivity contribution >= 4 is 5.71 Å². The summed E-state index contributed by atoms with van der Waals surface area (Å²) in [4.78, 5) is 5.05. The number of aliphatic hydroxyl groups excluding tert-OH is 1. The van der Waals surface area contributed by atoms with E-state index >= 15 is 0 Å². The summed E-state index contributed by atoms with van der Waals surface area (Å²) < 4.78 is 5.36. The van der Waals surface area contributed by atoms with Gasteiger partial charge in [-0.05, 0) is 12.8 Å². The van der Waals surface area contributed by atoms with E-state index in [1.807, 2.05) is 0 Å². The van der Waals surface area contributed by atoms with Crippen molar-refractivity contribution in [3.8, 4) is 0 Å². The van der Waals surface area contributed by atoms with Crippen molar-refractivity contribution in [1.82, 2.24) is 0 Å². The Bertz CT molecular complexity index is 199. The van der Waals surface area contributed by atoms with Crippen LogP contribution >= 0.6 is 0 Å². The van der Waals surface area contributed by atoms with Crippen LogP contribution in [0, 0.1) is 5.92 Å². The Balaban J connectivity index is 1.87. The average molecular weight is 185 g/mol. The van der Waals surface area contributed by atoms with Crippen molar-refractivity contribution in [2.75, 3.05) is 19.8 Å². The molecule has 2 aliphatic rings. The van der Waals surface area contributed by atoms with Crippen LogP contribution in [0.5, 0.6) is 0 Å². The normalized spacial score (nSPS) is 34.1. The summed E-state index contributed by atoms with van der Waals surface area (Å²) in [5.74, 6) is 0.422. The highest BCUT2D eigenvalue weighted by molar-refractivity contribution is 5.87. The lowest BCUT2D eigenvalue weighted by atomic mass is 9.94. The van der Waals surface area contributed by atoms with Crippen molar-refractivity contribution in [2.45, 2.75) is 25.4 Å². The van der Waals surface area contributed by atoms with Gasteiger partial charge < -0.3 is 14.7 Å². The first-order chi connectivity index (χ1) is 6.40. The summed E-state index contributed by atoms with van der Waals surface area (Å²) in [5.41, 5.74) is 1.07. The van der Waals surface area contributed by atoms with Crippen molar-refractivity contribution in [1.29, 1.82) is 0 Å². The van der Waals surface area contributed by atoms with Crippen LogP contribution in [0.3, 0.4) is 0 Å². The molecule has 0 amide bonds. The summed E-state index contributed by atoms with van der Waals surface area (Å²) in [6, 6.07) is 0. The van der Waals surface area contributed by atoms with Crippen molar-refractivity contribution in [3.63, 3.8) is 0 Å². The Labute approximate surface area is 77.5 Å². The van der Waals surface area contributed by atoms with Gasteiger partial charge in [-0.1, -0.05) is 5.16 Å². The molecule has 2 aliphatic heterocycles. The minimum atomic E-state index is -0.114. The number of aliphatic hydroxyl groups is 1. The van der Waals surface area contributed by atoms with Crippen LogP contribution in [0.25, 0.3) is 0 Å². The van der Waals surface area contributed by atoms with Crippen LogP contribution in [0.2, 0.25) is 0 Å². The highest BCUT2D eigenvalue weighted by Gasteiger charge is 2.28. The third-order valence-electron chi connectivity index (χ3n) is 2.59. The first-order valence-corrected chi connectivity index (χ1v) is 4.81. The largest absolute Gasteiger partial charge is 0.392 e. The molecule has 0 aromatic rings. The zero-order valence-electron chi connectivity index (χ0n) is 7.61. The quantitative estimate of drug-likeness (QED) is 0.683. The predicted molar refractivity (Wildman–Crippen MR) is 47.6 cm³/mol. The third-order valence-corrected chi connectivity index (χ3v) is 2.59. The van der Waals surface area contributed by atoms with Gasteiger partial charge in [-0.25, -0.2) is 0 Å². The SMILES string of the molecule is OCC1CC(C2CCCOC2)=NO1. The molecule has 0 radical (unpaired) electrons. The van der Waals surface area contributed by atoms with Crippen LogP contribution in [-0.2, 0) is 9.57 Å². The van der Waals surface area contributed by atoms with Crippen LogP contribution in [0.4, 0.5) is 0 Å². The number of hydrogen-bond donors (Lipinski definition) is 1. The van der Waals surface area contributed by atoms with E-state index in [-0.39, 0.29) is 12.7 Å². The molecule has 0 saturated carbocycles. The lowest BCUT2D eigenvalue weighted by Crippen LogP contribution is -2.25. The van der Waals surface area contributed by atoms with Gasteiger partial charge in [0.15, 0.2) is 6.10 Å². The maximum atomic E-state index is 8.85. The predicted octanol–water partition coefficient (Wildman–Crippen LogP) is 0.550. The van der Waals surface area contributed by atoms with Crippen LogP contribution < -0.4 is 0 Å². The molecule has 2 rings (SSSR count). The molecule has 0 spiro atoms. The molecule has 4 heteroatoms. The minimum Gasteiger partial charge on any atom is -0.392 e. The molecule has 74 valence electrons. The number of ether oxygens (including phenoxy) is 1. The monoisotopic (exact) mass is 185 g/mol. The number of nitrogens with zero attached hydrogens (tertiary/aromatic N) is 1. The van der Waals surface area contributed by atoms with Gasteiger partial charge in [-0.15, -0.1) is 0 Å². The fourth-order valence-electron chi connectivity index (χ4n) is 1.79. The topological polar surface area (TPSA) is 51.0 Å². The second kappa shape index (κ2) is 4.07. The van der Waals surface area contributed by atoms with Gasteiger partial charge in [0, 0.05) is 18.9 Å². The summed E-state index contributed by atoms with van der Waals surface area (Å²) in [5, 5.41) is 12.8. The summed E-state index contributed by atoms with van der Waals surface area (Å²) in [6.45, 7) is 1.69. The molecule has 4 nitrogen and oxygen atoms in total. The maximum absolute atomic E-state index is 8.85. The van der Waals surface area contributed by atoms with Gasteiger partial charge in [0.05, 0.1) is 18.9 Å². The molecule has 1 N–H and O–H groups in total. The minimum absolute atomic E-state index is 0.0561. The van der Waals surface area contributed by atoms with E-state index in [1.54, 1.807) is 0 Å². The van der Waals surface area contributed by atoms with Crippen LogP contribution in [0.15, 0.2) is 5.16 Å². The Morgan fingerprint density at radius 1 is 1.54 bits per heavy atom. The van der Waals surface area contributed by atoms with Crippen molar-refractivity contribution in [3.05, 3.63) is 0 Å². The highest BCUT2D eigenvalue weighted by atomic mass is 16.6. The smallest absolute Gasteiger partial charge is 0.155 e. The molecule has 0 aromatic carbocycles. The molecule has 0 bridgehead atoms. The summed E-state index contributed by atoms with van der Waals surface area (Å²) >= 11 is 0. The molecule has 0 aromatic heterocycles. The number of rotatable bonds is 2. The van der Waals surface area contributed by atoms with E-state index in [4.69, 9.17) is 14.7 Å². The maximum Gasteiger partial charge on any atom is 0.155 e. The Kier molecular flexibility index (Phi) is 2.80. The van der Waals surface area contributed by atoms with Gasteiger partial charge >= 0.3 is 0 Å². The van der Waals surface area contributed by atoms with Gasteiger partial charge in [0.1, 0.15) is 0 Å². The zero-order valence-corrected chi connectivity index (χ0v) is 7.61. The van der Waals surface area contributed by atoms with Gasteiger partial charge in [-0.3, -0.25) is 0 Å². The summed E-state index contributed by atoms with van der Waals surface area (Å²) in [6.07, 6.45) is 2.90. The second-order valence-electron chi connectivity index (χ2n) is 3.61. The summed E-state index contributed by atoms with van der Waals surface area (Å²) in [7, 11) is 0. The Morgan fingerprint density at radius 2 is 2.46 bits per heavy atom. The van der Waals surface area contributed by atoms with Crippen molar-refractivity contribution < 1.29 is 14.7 Å². The first kappa shape index (κ1) is 8.97. The Hall–Kier alpha value is -0.610. The van der Waals surface area contributed by atoms with Crippen molar-refractivity contribution in [2.24, 2.45) is 11.1 Å². The lowest BCUT2D eigenvalue weighted by molar-refractivity contribution is 0.0389. The zero-order chi connectivity index (χ0) is 9.10. The highest BCUT2D eigenvalue weighted by Crippen LogP contribution is 2.22. The molecule has 2 atom stereocenters. The second-order valence-corrected chi connectivity index (χ2v) is 3.61. The number of hydrogen-bond acceptors (Lipinski definition) is 4. The van der Waals surface area contributed by atoms with E-state index in [0.29, 0.717) is 5.92 Å². The van der Waals surface area contributed by atoms with Gasteiger partial charge in [0.25, 0.3) is 0 Å². The molecule has 13 heavy (non-hydrogen) atoms. The fraction of sp³-hybridized carbons (Fsp3) is 0.889. The lowest BCUT2D eigenvalue weighted by Gasteiger charge is -2.21. The first-order valence-electron chi connectivity index (χ1n) is 4.81. The Morgan fingerprint density at radius 3 is 3.08 bits per heavy atom. The van der Waals surface area contributed by atoms with E-state index in [2.05, 4.69) is 5.16 Å². The molecular formula is C9H15NO3. The van der Waals surface area contributed by atoms with Gasteiger partial charge in [0.2, 0.25) is 0 Å². The molecule has 1 fully saturated rings. The van der Waals surface area contributed by atoms with Gasteiger partial charge in [-0.2, -0.15) is 0 Å². The van der Waals surface area contributed by atoms with E-state index in [1.165, 1.54) is 0 Å². The third kappa shape index (κ3) is 2.00. The average Bonchev–Trinajstić information content (AvgIpc) is 2.67. The molecule has 1 saturated heterocycles. The van der Waals surface area contributed by atoms with E-state index in [0.717, 1.165) is 38.2 Å². The van der Waals surface area contributed by atoms with E-state index < -0.39 is 0 Å². The van der Waals surface area contributed by atoms with Crippen LogP contribution in [-0.4, -0.2) is 36.7 Å². The van der Waals surface area contributed by atoms with E-state index in [9.17, 15) is 0 Å². The van der Waals surface area contributed by atoms with Crippen LogP contribution in [0.1, 0.15) is 19.3 Å². The molecule has 2 heterocycles.